The summed E-state index contributed by atoms with van der Waals surface area (Å²) in [4.78, 5) is 20.7. The molecule has 1 aromatic carbocycles. The Morgan fingerprint density at radius 2 is 2.09 bits per heavy atom. The highest BCUT2D eigenvalue weighted by atomic mass is 35.5. The lowest BCUT2D eigenvalue weighted by atomic mass is 10.1. The molecule has 3 rings (SSSR count). The number of hydrogen-bond donors (Lipinski definition) is 1. The Morgan fingerprint density at radius 1 is 1.26 bits per heavy atom. The standard InChI is InChI=1S/C17H17ClN4O/c1-12(13-6-7-20-16(18)10-13)19-8-9-22-11-21-15-5-3-2-4-14(15)17(22)23/h2-7,10-12,19H,8-9H2,1H3. The minimum absolute atomic E-state index is 0.0167. The minimum atomic E-state index is -0.0167. The molecule has 0 amide bonds. The highest BCUT2D eigenvalue weighted by Crippen LogP contribution is 2.14. The van der Waals surface area contributed by atoms with Crippen LogP contribution in [0.25, 0.3) is 10.9 Å². The number of rotatable bonds is 5. The number of aromatic nitrogens is 3. The van der Waals surface area contributed by atoms with E-state index in [0.29, 0.717) is 23.6 Å². The molecule has 2 heterocycles. The number of benzene rings is 1. The molecule has 1 unspecified atom stereocenters. The maximum absolute atomic E-state index is 12.4. The summed E-state index contributed by atoms with van der Waals surface area (Å²) < 4.78 is 1.63. The first-order valence-corrected chi connectivity index (χ1v) is 7.82. The van der Waals surface area contributed by atoms with Crippen LogP contribution in [-0.2, 0) is 6.54 Å². The number of nitrogens with zero attached hydrogens (tertiary/aromatic N) is 3. The van der Waals surface area contributed by atoms with Crippen LogP contribution in [0.2, 0.25) is 5.15 Å². The van der Waals surface area contributed by atoms with Crippen LogP contribution in [0.3, 0.4) is 0 Å². The Balaban J connectivity index is 1.67. The second-order valence-corrected chi connectivity index (χ2v) is 5.74. The summed E-state index contributed by atoms with van der Waals surface area (Å²) in [6, 6.07) is 11.3. The van der Waals surface area contributed by atoms with E-state index in [9.17, 15) is 4.79 Å². The zero-order chi connectivity index (χ0) is 16.2. The lowest BCUT2D eigenvalue weighted by Crippen LogP contribution is -2.28. The molecule has 23 heavy (non-hydrogen) atoms. The molecular weight excluding hydrogens is 312 g/mol. The monoisotopic (exact) mass is 328 g/mol. The van der Waals surface area contributed by atoms with Crippen molar-refractivity contribution in [3.05, 3.63) is 70.0 Å². The van der Waals surface area contributed by atoms with Gasteiger partial charge >= 0.3 is 0 Å². The highest BCUT2D eigenvalue weighted by molar-refractivity contribution is 6.29. The van der Waals surface area contributed by atoms with Gasteiger partial charge in [0.2, 0.25) is 0 Å². The van der Waals surface area contributed by atoms with Gasteiger partial charge < -0.3 is 5.32 Å². The molecule has 5 nitrogen and oxygen atoms in total. The van der Waals surface area contributed by atoms with E-state index in [1.54, 1.807) is 23.2 Å². The predicted molar refractivity (Wildman–Crippen MR) is 91.7 cm³/mol. The number of pyridine rings is 1. The van der Waals surface area contributed by atoms with E-state index >= 15 is 0 Å². The fourth-order valence-corrected chi connectivity index (χ4v) is 2.65. The Morgan fingerprint density at radius 3 is 2.91 bits per heavy atom. The number of fused-ring (bicyclic) bond motifs is 1. The van der Waals surface area contributed by atoms with Gasteiger partial charge in [0.25, 0.3) is 5.56 Å². The van der Waals surface area contributed by atoms with E-state index in [2.05, 4.69) is 15.3 Å². The molecule has 3 aromatic rings. The third kappa shape index (κ3) is 3.57. The molecule has 0 radical (unpaired) electrons. The zero-order valence-electron chi connectivity index (χ0n) is 12.7. The molecular formula is C17H17ClN4O. The van der Waals surface area contributed by atoms with Crippen LogP contribution in [0.5, 0.6) is 0 Å². The highest BCUT2D eigenvalue weighted by Gasteiger charge is 2.07. The lowest BCUT2D eigenvalue weighted by Gasteiger charge is -2.15. The summed E-state index contributed by atoms with van der Waals surface area (Å²) in [6.45, 7) is 3.26. The van der Waals surface area contributed by atoms with E-state index < -0.39 is 0 Å². The molecule has 0 saturated heterocycles. The maximum Gasteiger partial charge on any atom is 0.261 e. The summed E-state index contributed by atoms with van der Waals surface area (Å²) in [5, 5.41) is 4.50. The Bertz CT molecular complexity index is 878. The first-order valence-electron chi connectivity index (χ1n) is 7.44. The van der Waals surface area contributed by atoms with Gasteiger partial charge in [0.1, 0.15) is 5.15 Å². The van der Waals surface area contributed by atoms with Gasteiger partial charge in [0.15, 0.2) is 0 Å². The molecule has 0 bridgehead atoms. The molecule has 0 fully saturated rings. The number of halogens is 1. The topological polar surface area (TPSA) is 59.8 Å². The normalized spacial score (nSPS) is 12.4. The quantitative estimate of drug-likeness (QED) is 0.732. The molecule has 0 aliphatic rings. The Kier molecular flexibility index (Phi) is 4.69. The third-order valence-corrected chi connectivity index (χ3v) is 3.99. The first kappa shape index (κ1) is 15.6. The van der Waals surface area contributed by atoms with Crippen LogP contribution in [0, 0.1) is 0 Å². The van der Waals surface area contributed by atoms with Crippen molar-refractivity contribution in [1.82, 2.24) is 19.9 Å². The second kappa shape index (κ2) is 6.89. The van der Waals surface area contributed by atoms with Crippen LogP contribution in [-0.4, -0.2) is 21.1 Å². The number of para-hydroxylation sites is 1. The third-order valence-electron chi connectivity index (χ3n) is 3.79. The van der Waals surface area contributed by atoms with Crippen molar-refractivity contribution in [2.24, 2.45) is 0 Å². The van der Waals surface area contributed by atoms with Crippen LogP contribution in [0.1, 0.15) is 18.5 Å². The van der Waals surface area contributed by atoms with Crippen LogP contribution < -0.4 is 10.9 Å². The summed E-state index contributed by atoms with van der Waals surface area (Å²) in [7, 11) is 0. The molecule has 0 spiro atoms. The van der Waals surface area contributed by atoms with Crippen molar-refractivity contribution < 1.29 is 0 Å². The molecule has 0 saturated carbocycles. The summed E-state index contributed by atoms with van der Waals surface area (Å²) in [6.07, 6.45) is 3.29. The molecule has 1 N–H and O–H groups in total. The Labute approximate surface area is 139 Å². The maximum atomic E-state index is 12.4. The molecule has 2 aromatic heterocycles. The average Bonchev–Trinajstić information content (AvgIpc) is 2.57. The van der Waals surface area contributed by atoms with Crippen LogP contribution in [0.4, 0.5) is 0 Å². The van der Waals surface area contributed by atoms with Crippen LogP contribution in [0.15, 0.2) is 53.7 Å². The van der Waals surface area contributed by atoms with Crippen LogP contribution >= 0.6 is 11.6 Å². The lowest BCUT2D eigenvalue weighted by molar-refractivity contribution is 0.523. The van der Waals surface area contributed by atoms with Gasteiger partial charge in [-0.15, -0.1) is 0 Å². The summed E-state index contributed by atoms with van der Waals surface area (Å²) >= 11 is 5.90. The molecule has 6 heteroatoms. The van der Waals surface area contributed by atoms with Crippen molar-refractivity contribution in [1.29, 1.82) is 0 Å². The van der Waals surface area contributed by atoms with E-state index in [-0.39, 0.29) is 11.6 Å². The number of hydrogen-bond acceptors (Lipinski definition) is 4. The van der Waals surface area contributed by atoms with Gasteiger partial charge in [-0.1, -0.05) is 23.7 Å². The minimum Gasteiger partial charge on any atom is -0.308 e. The second-order valence-electron chi connectivity index (χ2n) is 5.35. The first-order chi connectivity index (χ1) is 11.1. The summed E-state index contributed by atoms with van der Waals surface area (Å²) in [5.41, 5.74) is 1.77. The molecule has 1 atom stereocenters. The van der Waals surface area contributed by atoms with Gasteiger partial charge in [-0.05, 0) is 36.8 Å². The van der Waals surface area contributed by atoms with E-state index in [1.807, 2.05) is 37.3 Å². The smallest absolute Gasteiger partial charge is 0.261 e. The summed E-state index contributed by atoms with van der Waals surface area (Å²) in [5.74, 6) is 0. The number of nitrogens with one attached hydrogen (secondary N) is 1. The Hall–Kier alpha value is -2.24. The average molecular weight is 329 g/mol. The van der Waals surface area contributed by atoms with Crippen molar-refractivity contribution >= 4 is 22.5 Å². The SMILES string of the molecule is CC(NCCn1cnc2ccccc2c1=O)c1ccnc(Cl)c1. The largest absolute Gasteiger partial charge is 0.308 e. The van der Waals surface area contributed by atoms with Gasteiger partial charge in [0, 0.05) is 25.3 Å². The fourth-order valence-electron chi connectivity index (χ4n) is 2.47. The van der Waals surface area contributed by atoms with E-state index in [1.165, 1.54) is 0 Å². The molecule has 118 valence electrons. The van der Waals surface area contributed by atoms with E-state index in [4.69, 9.17) is 11.6 Å². The zero-order valence-corrected chi connectivity index (χ0v) is 13.5. The van der Waals surface area contributed by atoms with E-state index in [0.717, 1.165) is 11.1 Å². The van der Waals surface area contributed by atoms with Gasteiger partial charge in [-0.2, -0.15) is 0 Å². The van der Waals surface area contributed by atoms with Gasteiger partial charge in [-0.25, -0.2) is 9.97 Å². The van der Waals surface area contributed by atoms with Crippen molar-refractivity contribution in [3.8, 4) is 0 Å². The fraction of sp³-hybridized carbons (Fsp3) is 0.235. The predicted octanol–water partition coefficient (Wildman–Crippen LogP) is 2.80. The van der Waals surface area contributed by atoms with Crippen molar-refractivity contribution in [3.63, 3.8) is 0 Å². The van der Waals surface area contributed by atoms with Gasteiger partial charge in [0.05, 0.1) is 17.2 Å². The van der Waals surface area contributed by atoms with Gasteiger partial charge in [-0.3, -0.25) is 9.36 Å². The van der Waals surface area contributed by atoms with Crippen molar-refractivity contribution in [2.75, 3.05) is 6.54 Å². The van der Waals surface area contributed by atoms with Crippen molar-refractivity contribution in [2.45, 2.75) is 19.5 Å². The molecule has 0 aliphatic heterocycles. The molecule has 0 aliphatic carbocycles.